The Kier molecular flexibility index (Phi) is 4.69. The number of urea groups is 1. The van der Waals surface area contributed by atoms with Crippen molar-refractivity contribution in [2.75, 3.05) is 32.8 Å². The first kappa shape index (κ1) is 11.3. The van der Waals surface area contributed by atoms with Gasteiger partial charge in [-0.15, -0.1) is 0 Å². The van der Waals surface area contributed by atoms with Crippen molar-refractivity contribution in [1.82, 2.24) is 10.2 Å². The Balaban J connectivity index is 2.13. The third-order valence-corrected chi connectivity index (χ3v) is 2.17. The van der Waals surface area contributed by atoms with Crippen molar-refractivity contribution in [2.24, 2.45) is 5.73 Å². The van der Waals surface area contributed by atoms with Crippen molar-refractivity contribution in [2.45, 2.75) is 19.4 Å². The molecule has 0 aliphatic carbocycles. The molecule has 0 aromatic carbocycles. The van der Waals surface area contributed by atoms with E-state index in [4.69, 9.17) is 10.5 Å². The van der Waals surface area contributed by atoms with Gasteiger partial charge in [0.05, 0.1) is 13.2 Å². The molecule has 0 aromatic heterocycles. The molecular weight excluding hydrogens is 182 g/mol. The van der Waals surface area contributed by atoms with Gasteiger partial charge in [-0.05, 0) is 13.3 Å². The summed E-state index contributed by atoms with van der Waals surface area (Å²) in [6.45, 7) is 5.23. The van der Waals surface area contributed by atoms with E-state index in [0.717, 1.165) is 6.42 Å². The van der Waals surface area contributed by atoms with Crippen LogP contribution in [0, 0.1) is 0 Å². The van der Waals surface area contributed by atoms with Gasteiger partial charge < -0.3 is 20.7 Å². The minimum absolute atomic E-state index is 0.00560. The molecular formula is C9H19N3O2. The van der Waals surface area contributed by atoms with Gasteiger partial charge in [0.2, 0.25) is 0 Å². The van der Waals surface area contributed by atoms with E-state index < -0.39 is 0 Å². The maximum Gasteiger partial charge on any atom is 0.317 e. The van der Waals surface area contributed by atoms with Gasteiger partial charge in [0.1, 0.15) is 0 Å². The standard InChI is InChI=1S/C9H19N3O2/c1-8(10)2-3-11-9(13)12-4-6-14-7-5-12/h8H,2-7,10H2,1H3,(H,11,13). The van der Waals surface area contributed by atoms with Gasteiger partial charge in [-0.3, -0.25) is 0 Å². The molecule has 1 unspecified atom stereocenters. The first-order chi connectivity index (χ1) is 6.70. The smallest absolute Gasteiger partial charge is 0.317 e. The van der Waals surface area contributed by atoms with Crippen LogP contribution in [0.1, 0.15) is 13.3 Å². The Hall–Kier alpha value is -0.810. The number of nitrogens with one attached hydrogen (secondary N) is 1. The number of morpholine rings is 1. The first-order valence-corrected chi connectivity index (χ1v) is 5.06. The van der Waals surface area contributed by atoms with Crippen molar-refractivity contribution in [3.05, 3.63) is 0 Å². The Labute approximate surface area is 84.6 Å². The van der Waals surface area contributed by atoms with Gasteiger partial charge in [0.15, 0.2) is 0 Å². The molecule has 1 aliphatic heterocycles. The van der Waals surface area contributed by atoms with E-state index in [2.05, 4.69) is 5.32 Å². The average molecular weight is 201 g/mol. The molecule has 0 spiro atoms. The molecule has 1 atom stereocenters. The van der Waals surface area contributed by atoms with Crippen LogP contribution < -0.4 is 11.1 Å². The van der Waals surface area contributed by atoms with Gasteiger partial charge in [0.25, 0.3) is 0 Å². The number of carbonyl (C=O) groups excluding carboxylic acids is 1. The van der Waals surface area contributed by atoms with E-state index in [0.29, 0.717) is 32.8 Å². The molecule has 1 saturated heterocycles. The van der Waals surface area contributed by atoms with Crippen LogP contribution in [0.25, 0.3) is 0 Å². The van der Waals surface area contributed by atoms with Crippen molar-refractivity contribution in [1.29, 1.82) is 0 Å². The third kappa shape index (κ3) is 3.93. The molecule has 3 N–H and O–H groups in total. The zero-order chi connectivity index (χ0) is 10.4. The van der Waals surface area contributed by atoms with Crippen LogP contribution in [0.2, 0.25) is 0 Å². The van der Waals surface area contributed by atoms with Crippen LogP contribution in [0.4, 0.5) is 4.79 Å². The molecule has 14 heavy (non-hydrogen) atoms. The Morgan fingerprint density at radius 3 is 2.79 bits per heavy atom. The number of hydrogen-bond acceptors (Lipinski definition) is 3. The number of nitrogens with zero attached hydrogens (tertiary/aromatic N) is 1. The van der Waals surface area contributed by atoms with Crippen LogP contribution in [0.3, 0.4) is 0 Å². The molecule has 1 rings (SSSR count). The van der Waals surface area contributed by atoms with E-state index >= 15 is 0 Å². The summed E-state index contributed by atoms with van der Waals surface area (Å²) in [4.78, 5) is 13.3. The van der Waals surface area contributed by atoms with Crippen LogP contribution >= 0.6 is 0 Å². The summed E-state index contributed by atoms with van der Waals surface area (Å²) < 4.78 is 5.15. The summed E-state index contributed by atoms with van der Waals surface area (Å²) in [5, 5.41) is 2.84. The van der Waals surface area contributed by atoms with E-state index in [1.165, 1.54) is 0 Å². The lowest BCUT2D eigenvalue weighted by Crippen LogP contribution is -2.46. The maximum absolute atomic E-state index is 11.5. The van der Waals surface area contributed by atoms with Crippen molar-refractivity contribution in [3.63, 3.8) is 0 Å². The average Bonchev–Trinajstić information content (AvgIpc) is 2.18. The van der Waals surface area contributed by atoms with Gasteiger partial charge in [0, 0.05) is 25.7 Å². The highest BCUT2D eigenvalue weighted by atomic mass is 16.5. The number of ether oxygens (including phenoxy) is 1. The molecule has 1 fully saturated rings. The lowest BCUT2D eigenvalue weighted by atomic mass is 10.2. The summed E-state index contributed by atoms with van der Waals surface area (Å²) >= 11 is 0. The number of hydrogen-bond donors (Lipinski definition) is 2. The van der Waals surface area contributed by atoms with Gasteiger partial charge >= 0.3 is 6.03 Å². The molecule has 82 valence electrons. The van der Waals surface area contributed by atoms with Gasteiger partial charge in [-0.2, -0.15) is 0 Å². The minimum atomic E-state index is -0.00560. The molecule has 0 saturated carbocycles. The summed E-state index contributed by atoms with van der Waals surface area (Å²) in [5.41, 5.74) is 5.57. The highest BCUT2D eigenvalue weighted by Gasteiger charge is 2.15. The Bertz CT molecular complexity index is 179. The predicted octanol–water partition coefficient (Wildman–Crippen LogP) is -0.234. The molecule has 5 heteroatoms. The van der Waals surface area contributed by atoms with Crippen LogP contribution in [-0.4, -0.2) is 49.8 Å². The second-order valence-corrected chi connectivity index (χ2v) is 3.60. The van der Waals surface area contributed by atoms with Crippen molar-refractivity contribution in [3.8, 4) is 0 Å². The zero-order valence-electron chi connectivity index (χ0n) is 8.66. The van der Waals surface area contributed by atoms with E-state index in [1.54, 1.807) is 4.90 Å². The van der Waals surface area contributed by atoms with E-state index in [9.17, 15) is 4.79 Å². The van der Waals surface area contributed by atoms with Gasteiger partial charge in [-0.1, -0.05) is 0 Å². The normalized spacial score (nSPS) is 19.1. The van der Waals surface area contributed by atoms with E-state index in [1.807, 2.05) is 6.92 Å². The second-order valence-electron chi connectivity index (χ2n) is 3.60. The molecule has 1 aliphatic rings. The third-order valence-electron chi connectivity index (χ3n) is 2.17. The predicted molar refractivity (Wildman–Crippen MR) is 54.1 cm³/mol. The van der Waals surface area contributed by atoms with Crippen molar-refractivity contribution >= 4 is 6.03 Å². The first-order valence-electron chi connectivity index (χ1n) is 5.06. The summed E-state index contributed by atoms with van der Waals surface area (Å²) in [5.74, 6) is 0. The van der Waals surface area contributed by atoms with Crippen LogP contribution in [-0.2, 0) is 4.74 Å². The Morgan fingerprint density at radius 2 is 2.21 bits per heavy atom. The minimum Gasteiger partial charge on any atom is -0.378 e. The molecule has 0 aromatic rings. The fraction of sp³-hybridized carbons (Fsp3) is 0.889. The fourth-order valence-corrected chi connectivity index (χ4v) is 1.29. The van der Waals surface area contributed by atoms with Gasteiger partial charge in [-0.25, -0.2) is 4.79 Å². The summed E-state index contributed by atoms with van der Waals surface area (Å²) in [6, 6.07) is 0.133. The number of carbonyl (C=O) groups is 1. The molecule has 1 heterocycles. The Morgan fingerprint density at radius 1 is 1.57 bits per heavy atom. The number of amides is 2. The highest BCUT2D eigenvalue weighted by molar-refractivity contribution is 5.74. The summed E-state index contributed by atoms with van der Waals surface area (Å²) in [7, 11) is 0. The number of nitrogens with two attached hydrogens (primary N) is 1. The molecule has 0 radical (unpaired) electrons. The second kappa shape index (κ2) is 5.82. The topological polar surface area (TPSA) is 67.6 Å². The monoisotopic (exact) mass is 201 g/mol. The van der Waals surface area contributed by atoms with Crippen molar-refractivity contribution < 1.29 is 9.53 Å². The van der Waals surface area contributed by atoms with E-state index in [-0.39, 0.29) is 12.1 Å². The zero-order valence-corrected chi connectivity index (χ0v) is 8.66. The SMILES string of the molecule is CC(N)CCNC(=O)N1CCOCC1. The largest absolute Gasteiger partial charge is 0.378 e. The molecule has 0 bridgehead atoms. The quantitative estimate of drug-likeness (QED) is 0.662. The van der Waals surface area contributed by atoms with Crippen LogP contribution in [0.15, 0.2) is 0 Å². The summed E-state index contributed by atoms with van der Waals surface area (Å²) in [6.07, 6.45) is 0.816. The highest BCUT2D eigenvalue weighted by Crippen LogP contribution is 1.96. The maximum atomic E-state index is 11.5. The lowest BCUT2D eigenvalue weighted by molar-refractivity contribution is 0.0532. The molecule has 2 amide bonds. The molecule has 5 nitrogen and oxygen atoms in total. The number of rotatable bonds is 3. The van der Waals surface area contributed by atoms with Crippen LogP contribution in [0.5, 0.6) is 0 Å². The fourth-order valence-electron chi connectivity index (χ4n) is 1.29. The lowest BCUT2D eigenvalue weighted by Gasteiger charge is -2.27.